The lowest BCUT2D eigenvalue weighted by Gasteiger charge is -2.23. The Morgan fingerprint density at radius 2 is 1.73 bits per heavy atom. The quantitative estimate of drug-likeness (QED) is 0.190. The molecule has 0 atom stereocenters. The molecule has 0 aliphatic rings. The van der Waals surface area contributed by atoms with E-state index in [1.54, 1.807) is 12.1 Å². The minimum Gasteiger partial charge on any atom is -0.508 e. The van der Waals surface area contributed by atoms with E-state index >= 15 is 0 Å². The number of phenolic OH excluding ortho intramolecular Hbond substituents is 1. The van der Waals surface area contributed by atoms with Gasteiger partial charge in [-0.2, -0.15) is 0 Å². The van der Waals surface area contributed by atoms with E-state index in [9.17, 15) is 9.90 Å². The second-order valence-electron chi connectivity index (χ2n) is 7.47. The predicted octanol–water partition coefficient (Wildman–Crippen LogP) is 3.88. The number of para-hydroxylation sites is 1. The molecular weight excluding hydrogens is 495 g/mol. The number of anilines is 1. The largest absolute Gasteiger partial charge is 0.508 e. The van der Waals surface area contributed by atoms with Crippen molar-refractivity contribution in [2.24, 2.45) is 4.99 Å². The molecule has 0 aliphatic heterocycles. The number of carbonyl (C=O) groups is 1. The van der Waals surface area contributed by atoms with E-state index < -0.39 is 0 Å². The van der Waals surface area contributed by atoms with Gasteiger partial charge in [-0.25, -0.2) is 4.99 Å². The summed E-state index contributed by atoms with van der Waals surface area (Å²) >= 11 is 0. The zero-order chi connectivity index (χ0) is 21.3. The van der Waals surface area contributed by atoms with E-state index in [1.165, 1.54) is 12.1 Å². The number of nitrogens with one attached hydrogen (secondary N) is 3. The minimum atomic E-state index is -0.297. The zero-order valence-corrected chi connectivity index (χ0v) is 20.2. The van der Waals surface area contributed by atoms with Gasteiger partial charge in [0.25, 0.3) is 0 Å². The number of phenols is 1. The van der Waals surface area contributed by atoms with Gasteiger partial charge in [0.2, 0.25) is 5.91 Å². The molecule has 8 heteroatoms. The fourth-order valence-electron chi connectivity index (χ4n) is 2.48. The Kier molecular flexibility index (Phi) is 10.4. The van der Waals surface area contributed by atoms with Crippen LogP contribution in [0.2, 0.25) is 0 Å². The van der Waals surface area contributed by atoms with Gasteiger partial charge in [-0.15, -0.1) is 24.0 Å². The molecular formula is C22H31IN4O3. The molecule has 0 bridgehead atoms. The van der Waals surface area contributed by atoms with Gasteiger partial charge in [-0.3, -0.25) is 4.79 Å². The number of rotatable bonds is 7. The van der Waals surface area contributed by atoms with Crippen LogP contribution in [-0.2, 0) is 11.3 Å². The number of aromatic hydroxyl groups is 1. The molecule has 2 aromatic rings. The number of carbonyl (C=O) groups excluding carboxylic acids is 1. The van der Waals surface area contributed by atoms with Crippen LogP contribution < -0.4 is 20.7 Å². The molecule has 2 rings (SSSR count). The van der Waals surface area contributed by atoms with Crippen LogP contribution in [0.5, 0.6) is 11.5 Å². The smallest absolute Gasteiger partial charge is 0.243 e. The second kappa shape index (κ2) is 12.3. The monoisotopic (exact) mass is 526 g/mol. The first-order valence-electron chi connectivity index (χ1n) is 9.65. The van der Waals surface area contributed by atoms with Crippen LogP contribution in [0.1, 0.15) is 33.3 Å². The molecule has 7 nitrogen and oxygen atoms in total. The van der Waals surface area contributed by atoms with Gasteiger partial charge in [0.05, 0.1) is 13.1 Å². The van der Waals surface area contributed by atoms with E-state index in [0.29, 0.717) is 24.7 Å². The van der Waals surface area contributed by atoms with Gasteiger partial charge in [0.15, 0.2) is 5.96 Å². The van der Waals surface area contributed by atoms with Crippen LogP contribution in [0.4, 0.5) is 5.69 Å². The lowest BCUT2D eigenvalue weighted by molar-refractivity contribution is -0.115. The van der Waals surface area contributed by atoms with Crippen molar-refractivity contribution < 1.29 is 14.6 Å². The van der Waals surface area contributed by atoms with Gasteiger partial charge in [0.1, 0.15) is 17.1 Å². The maximum absolute atomic E-state index is 12.2. The molecule has 2 aromatic carbocycles. The third kappa shape index (κ3) is 9.34. The Morgan fingerprint density at radius 1 is 1.07 bits per heavy atom. The van der Waals surface area contributed by atoms with Crippen molar-refractivity contribution in [1.82, 2.24) is 10.6 Å². The Morgan fingerprint density at radius 3 is 2.37 bits per heavy atom. The standard InChI is InChI=1S/C22H30N4O3.HI/c1-5-23-21(25-15-20(28)26-17-10-12-18(27)13-11-17)24-14-16-8-6-7-9-19(16)29-22(2,3)4;/h6-13,27H,5,14-15H2,1-4H3,(H,26,28)(H2,23,24,25);1H. The molecule has 0 saturated carbocycles. The van der Waals surface area contributed by atoms with Crippen molar-refractivity contribution in [2.75, 3.05) is 18.4 Å². The number of amides is 1. The molecule has 0 unspecified atom stereocenters. The number of benzene rings is 2. The summed E-state index contributed by atoms with van der Waals surface area (Å²) in [5, 5.41) is 18.2. The second-order valence-corrected chi connectivity index (χ2v) is 7.47. The molecule has 1 amide bonds. The van der Waals surface area contributed by atoms with Gasteiger partial charge < -0.3 is 25.8 Å². The van der Waals surface area contributed by atoms with Gasteiger partial charge >= 0.3 is 0 Å². The number of hydrogen-bond acceptors (Lipinski definition) is 4. The van der Waals surface area contributed by atoms with Crippen molar-refractivity contribution >= 4 is 41.5 Å². The maximum atomic E-state index is 12.2. The molecule has 0 radical (unpaired) electrons. The Labute approximate surface area is 195 Å². The molecule has 0 spiro atoms. The fourth-order valence-corrected chi connectivity index (χ4v) is 2.48. The topological polar surface area (TPSA) is 95.0 Å². The summed E-state index contributed by atoms with van der Waals surface area (Å²) in [4.78, 5) is 16.7. The third-order valence-electron chi connectivity index (χ3n) is 3.71. The van der Waals surface area contributed by atoms with E-state index in [4.69, 9.17) is 4.74 Å². The van der Waals surface area contributed by atoms with Gasteiger partial charge in [-0.05, 0) is 58.0 Å². The molecule has 0 heterocycles. The molecule has 0 saturated heterocycles. The van der Waals surface area contributed by atoms with Crippen molar-refractivity contribution in [3.8, 4) is 11.5 Å². The normalized spacial score (nSPS) is 11.3. The average molecular weight is 526 g/mol. The molecule has 4 N–H and O–H groups in total. The lowest BCUT2D eigenvalue weighted by Crippen LogP contribution is -2.41. The maximum Gasteiger partial charge on any atom is 0.243 e. The summed E-state index contributed by atoms with van der Waals surface area (Å²) in [6, 6.07) is 14.1. The van der Waals surface area contributed by atoms with Crippen LogP contribution in [0.25, 0.3) is 0 Å². The summed E-state index contributed by atoms with van der Waals surface area (Å²) in [6.07, 6.45) is 0. The summed E-state index contributed by atoms with van der Waals surface area (Å²) < 4.78 is 6.01. The molecule has 0 aliphatic carbocycles. The first kappa shape index (κ1) is 25.5. The SMILES string of the molecule is CCNC(=NCc1ccccc1OC(C)(C)C)NCC(=O)Nc1ccc(O)cc1.I. The predicted molar refractivity (Wildman–Crippen MR) is 132 cm³/mol. The lowest BCUT2D eigenvalue weighted by atomic mass is 10.1. The van der Waals surface area contributed by atoms with E-state index in [2.05, 4.69) is 20.9 Å². The Balaban J connectivity index is 0.00000450. The number of ether oxygens (including phenoxy) is 1. The summed E-state index contributed by atoms with van der Waals surface area (Å²) in [5.74, 6) is 1.28. The summed E-state index contributed by atoms with van der Waals surface area (Å²) in [5.41, 5.74) is 1.28. The van der Waals surface area contributed by atoms with Crippen LogP contribution in [0.3, 0.4) is 0 Å². The van der Waals surface area contributed by atoms with Crippen LogP contribution in [0.15, 0.2) is 53.5 Å². The van der Waals surface area contributed by atoms with Crippen molar-refractivity contribution in [2.45, 2.75) is 39.8 Å². The number of nitrogens with zero attached hydrogens (tertiary/aromatic N) is 1. The molecule has 164 valence electrons. The van der Waals surface area contributed by atoms with E-state index in [-0.39, 0.29) is 47.8 Å². The highest BCUT2D eigenvalue weighted by atomic mass is 127. The van der Waals surface area contributed by atoms with Crippen molar-refractivity contribution in [1.29, 1.82) is 0 Å². The van der Waals surface area contributed by atoms with Crippen molar-refractivity contribution in [3.05, 3.63) is 54.1 Å². The van der Waals surface area contributed by atoms with E-state index in [1.807, 2.05) is 52.0 Å². The Hall–Kier alpha value is -2.49. The molecule has 30 heavy (non-hydrogen) atoms. The van der Waals surface area contributed by atoms with E-state index in [0.717, 1.165) is 11.3 Å². The van der Waals surface area contributed by atoms with Gasteiger partial charge in [0, 0.05) is 17.8 Å². The van der Waals surface area contributed by atoms with Crippen LogP contribution >= 0.6 is 24.0 Å². The summed E-state index contributed by atoms with van der Waals surface area (Å²) in [7, 11) is 0. The van der Waals surface area contributed by atoms with Crippen LogP contribution in [-0.4, -0.2) is 35.7 Å². The highest BCUT2D eigenvalue weighted by molar-refractivity contribution is 14.0. The first-order valence-corrected chi connectivity index (χ1v) is 9.65. The average Bonchev–Trinajstić information content (AvgIpc) is 2.66. The number of halogens is 1. The van der Waals surface area contributed by atoms with Crippen molar-refractivity contribution in [3.63, 3.8) is 0 Å². The number of guanidine groups is 1. The first-order chi connectivity index (χ1) is 13.8. The Bertz CT molecular complexity index is 833. The van der Waals surface area contributed by atoms with Crippen LogP contribution in [0, 0.1) is 0 Å². The fraction of sp³-hybridized carbons (Fsp3) is 0.364. The zero-order valence-electron chi connectivity index (χ0n) is 17.9. The third-order valence-corrected chi connectivity index (χ3v) is 3.71. The number of aliphatic imine (C=N–C) groups is 1. The highest BCUT2D eigenvalue weighted by Crippen LogP contribution is 2.23. The summed E-state index contributed by atoms with van der Waals surface area (Å²) in [6.45, 7) is 9.13. The highest BCUT2D eigenvalue weighted by Gasteiger charge is 2.14. The minimum absolute atomic E-state index is 0. The van der Waals surface area contributed by atoms with Gasteiger partial charge in [-0.1, -0.05) is 18.2 Å². The molecule has 0 aromatic heterocycles. The molecule has 0 fully saturated rings. The number of hydrogen-bond donors (Lipinski definition) is 4.